The Morgan fingerprint density at radius 2 is 1.71 bits per heavy atom. The molecule has 0 bridgehead atoms. The molecule has 2 aromatic carbocycles. The normalized spacial score (nSPS) is 23.9. The lowest BCUT2D eigenvalue weighted by Gasteiger charge is -2.36. The van der Waals surface area contributed by atoms with E-state index in [1.54, 1.807) is 10.9 Å². The van der Waals surface area contributed by atoms with Crippen LogP contribution in [-0.2, 0) is 30.8 Å². The molecule has 9 nitrogen and oxygen atoms in total. The molecule has 12 heteroatoms. The van der Waals surface area contributed by atoms with E-state index < -0.39 is 39.6 Å². The number of ether oxygens (including phenoxy) is 3. The van der Waals surface area contributed by atoms with Gasteiger partial charge in [0.25, 0.3) is 0 Å². The van der Waals surface area contributed by atoms with Crippen molar-refractivity contribution >= 4 is 27.3 Å². The molecule has 1 aromatic heterocycles. The molecule has 2 atom stereocenters. The van der Waals surface area contributed by atoms with E-state index in [4.69, 9.17) is 14.2 Å². The fourth-order valence-corrected chi connectivity index (χ4v) is 6.69. The van der Waals surface area contributed by atoms with E-state index in [0.29, 0.717) is 17.2 Å². The second-order valence-corrected chi connectivity index (χ2v) is 10.9. The summed E-state index contributed by atoms with van der Waals surface area (Å²) in [5, 5.41) is 12.0. The number of aliphatic carboxylic acids is 1. The zero-order valence-electron chi connectivity index (χ0n) is 18.2. The number of fused-ring (bicyclic) bond motifs is 1. The molecule has 5 rings (SSSR count). The van der Waals surface area contributed by atoms with Crippen LogP contribution < -0.4 is 4.74 Å². The fraction of sp³-hybridized carbons (Fsp3) is 0.304. The molecule has 0 radical (unpaired) electrons. The summed E-state index contributed by atoms with van der Waals surface area (Å²) in [7, 11) is -4.29. The number of aromatic nitrogens is 1. The van der Waals surface area contributed by atoms with Gasteiger partial charge in [-0.05, 0) is 48.5 Å². The van der Waals surface area contributed by atoms with Crippen LogP contribution in [0, 0.1) is 5.82 Å². The van der Waals surface area contributed by atoms with Gasteiger partial charge in [-0.15, -0.1) is 11.3 Å². The van der Waals surface area contributed by atoms with Crippen molar-refractivity contribution in [3.8, 4) is 11.5 Å². The van der Waals surface area contributed by atoms with Crippen molar-refractivity contribution in [3.05, 3.63) is 70.9 Å². The van der Waals surface area contributed by atoms with Gasteiger partial charge < -0.3 is 19.3 Å². The molecule has 1 aliphatic carbocycles. The van der Waals surface area contributed by atoms with Gasteiger partial charge in [-0.25, -0.2) is 17.8 Å². The van der Waals surface area contributed by atoms with E-state index in [-0.39, 0.29) is 31.1 Å². The Labute approximate surface area is 204 Å². The van der Waals surface area contributed by atoms with E-state index in [0.717, 1.165) is 4.31 Å². The Hall–Kier alpha value is -2.90. The first-order valence-corrected chi connectivity index (χ1v) is 13.1. The predicted molar refractivity (Wildman–Crippen MR) is 122 cm³/mol. The second-order valence-electron chi connectivity index (χ2n) is 8.29. The molecule has 184 valence electrons. The maximum Gasteiger partial charge on any atom is 0.325 e. The lowest BCUT2D eigenvalue weighted by molar-refractivity contribution is -0.150. The van der Waals surface area contributed by atoms with Crippen LogP contribution in [0.25, 0.3) is 0 Å². The smallest absolute Gasteiger partial charge is 0.325 e. The zero-order valence-corrected chi connectivity index (χ0v) is 19.9. The molecule has 2 aliphatic rings. The first-order valence-electron chi connectivity index (χ1n) is 10.7. The maximum absolute atomic E-state index is 13.9. The largest absolute Gasteiger partial charge is 0.480 e. The number of rotatable bonds is 8. The molecule has 2 unspecified atom stereocenters. The Morgan fingerprint density at radius 1 is 1.11 bits per heavy atom. The molecule has 35 heavy (non-hydrogen) atoms. The second kappa shape index (κ2) is 9.28. The monoisotopic (exact) mass is 520 g/mol. The summed E-state index contributed by atoms with van der Waals surface area (Å²) >= 11 is 1.29. The maximum atomic E-state index is 13.9. The molecule has 1 aliphatic heterocycles. The van der Waals surface area contributed by atoms with Crippen molar-refractivity contribution in [2.45, 2.75) is 42.0 Å². The molecule has 3 aromatic rings. The molecule has 1 N–H and O–H groups in total. The highest BCUT2D eigenvalue weighted by molar-refractivity contribution is 7.89. The predicted octanol–water partition coefficient (Wildman–Crippen LogP) is 3.62. The SMILES string of the molecule is O=C(O)C1(N(Cc2cscn2)S(=O)(=O)c2ccc(Oc3ccc(F)cc3)cc2)CC2OCOC2C1. The van der Waals surface area contributed by atoms with Crippen molar-refractivity contribution in [2.75, 3.05) is 6.79 Å². The van der Waals surface area contributed by atoms with Gasteiger partial charge in [0.05, 0.1) is 34.9 Å². The Kier molecular flexibility index (Phi) is 6.32. The number of hydrogen-bond acceptors (Lipinski definition) is 8. The summed E-state index contributed by atoms with van der Waals surface area (Å²) in [6, 6.07) is 11.0. The summed E-state index contributed by atoms with van der Waals surface area (Å²) in [6.45, 7) is -0.162. The van der Waals surface area contributed by atoms with Crippen molar-refractivity contribution in [2.24, 2.45) is 0 Å². The summed E-state index contributed by atoms with van der Waals surface area (Å²) in [5.41, 5.74) is 0.237. The number of nitrogens with zero attached hydrogens (tertiary/aromatic N) is 2. The third-order valence-electron chi connectivity index (χ3n) is 6.18. The van der Waals surface area contributed by atoms with Gasteiger partial charge in [-0.2, -0.15) is 4.31 Å². The molecule has 1 saturated heterocycles. The first kappa shape index (κ1) is 23.8. The lowest BCUT2D eigenvalue weighted by atomic mass is 9.97. The summed E-state index contributed by atoms with van der Waals surface area (Å²) < 4.78 is 58.5. The van der Waals surface area contributed by atoms with E-state index in [2.05, 4.69) is 4.98 Å². The Morgan fingerprint density at radius 3 is 2.26 bits per heavy atom. The highest BCUT2D eigenvalue weighted by Crippen LogP contribution is 2.44. The number of carboxylic acids is 1. The minimum absolute atomic E-state index is 0.0396. The molecule has 0 amide bonds. The number of carboxylic acid groups (broad SMARTS) is 1. The first-order chi connectivity index (χ1) is 16.8. The number of hydrogen-bond donors (Lipinski definition) is 1. The molecular weight excluding hydrogens is 499 g/mol. The van der Waals surface area contributed by atoms with Crippen LogP contribution in [0.2, 0.25) is 0 Å². The van der Waals surface area contributed by atoms with E-state index in [1.165, 1.54) is 59.9 Å². The van der Waals surface area contributed by atoms with Crippen LogP contribution in [0.3, 0.4) is 0 Å². The van der Waals surface area contributed by atoms with Crippen LogP contribution in [0.5, 0.6) is 11.5 Å². The standard InChI is InChI=1S/C23H21FN2O7S2/c24-15-1-3-17(4-2-15)33-18-5-7-19(8-6-18)35(29,30)26(11-16-12-34-13-25-16)23(22(27)28)9-20-21(10-23)32-14-31-20/h1-8,12-13,20-21H,9-11,14H2,(H,27,28). The van der Waals surface area contributed by atoms with Crippen molar-refractivity contribution < 1.29 is 36.9 Å². The zero-order chi connectivity index (χ0) is 24.6. The quantitative estimate of drug-likeness (QED) is 0.479. The molecule has 0 spiro atoms. The minimum Gasteiger partial charge on any atom is -0.480 e. The van der Waals surface area contributed by atoms with Crippen molar-refractivity contribution in [1.82, 2.24) is 9.29 Å². The topological polar surface area (TPSA) is 115 Å². The van der Waals surface area contributed by atoms with E-state index in [9.17, 15) is 22.7 Å². The molecule has 1 saturated carbocycles. The van der Waals surface area contributed by atoms with Gasteiger partial charge >= 0.3 is 5.97 Å². The number of halogens is 1. The van der Waals surface area contributed by atoms with Crippen LogP contribution in [-0.4, -0.2) is 53.3 Å². The summed E-state index contributed by atoms with van der Waals surface area (Å²) in [4.78, 5) is 16.7. The van der Waals surface area contributed by atoms with E-state index in [1.807, 2.05) is 0 Å². The summed E-state index contributed by atoms with van der Waals surface area (Å²) in [6.07, 6.45) is -1.10. The van der Waals surface area contributed by atoms with Gasteiger partial charge in [0.2, 0.25) is 10.0 Å². The number of benzene rings is 2. The van der Waals surface area contributed by atoms with Crippen molar-refractivity contribution in [1.29, 1.82) is 0 Å². The highest BCUT2D eigenvalue weighted by atomic mass is 32.2. The lowest BCUT2D eigenvalue weighted by Crippen LogP contribution is -2.55. The summed E-state index contributed by atoms with van der Waals surface area (Å²) in [5.74, 6) is -0.950. The fourth-order valence-electron chi connectivity index (χ4n) is 4.42. The van der Waals surface area contributed by atoms with Crippen LogP contribution in [0.4, 0.5) is 4.39 Å². The molecule has 2 heterocycles. The van der Waals surface area contributed by atoms with Gasteiger partial charge in [0.1, 0.15) is 29.6 Å². The molecular formula is C23H21FN2O7S2. The van der Waals surface area contributed by atoms with Crippen molar-refractivity contribution in [3.63, 3.8) is 0 Å². The average molecular weight is 521 g/mol. The molecule has 2 fully saturated rings. The van der Waals surface area contributed by atoms with Gasteiger partial charge in [-0.1, -0.05) is 0 Å². The third kappa shape index (κ3) is 4.55. The average Bonchev–Trinajstić information content (AvgIpc) is 3.57. The van der Waals surface area contributed by atoms with Crippen LogP contribution >= 0.6 is 11.3 Å². The Balaban J connectivity index is 1.48. The number of carbonyl (C=O) groups is 1. The highest BCUT2D eigenvalue weighted by Gasteiger charge is 2.60. The van der Waals surface area contributed by atoms with E-state index >= 15 is 0 Å². The van der Waals surface area contributed by atoms with Gasteiger partial charge in [-0.3, -0.25) is 4.79 Å². The number of sulfonamides is 1. The third-order valence-corrected chi connectivity index (χ3v) is 8.74. The Bertz CT molecular complexity index is 1290. The van der Waals surface area contributed by atoms with Gasteiger partial charge in [0.15, 0.2) is 0 Å². The van der Waals surface area contributed by atoms with Crippen LogP contribution in [0.15, 0.2) is 64.3 Å². The minimum atomic E-state index is -4.29. The van der Waals surface area contributed by atoms with Gasteiger partial charge in [0, 0.05) is 18.2 Å². The number of thiazole rings is 1. The van der Waals surface area contributed by atoms with Crippen LogP contribution in [0.1, 0.15) is 18.5 Å².